The van der Waals surface area contributed by atoms with E-state index in [1.807, 2.05) is 0 Å². The van der Waals surface area contributed by atoms with Gasteiger partial charge in [-0.3, -0.25) is 0 Å². The van der Waals surface area contributed by atoms with Gasteiger partial charge in [0.15, 0.2) is 0 Å². The molecule has 1 N–H and O–H groups in total. The van der Waals surface area contributed by atoms with Crippen LogP contribution in [0.25, 0.3) is 10.9 Å². The topological polar surface area (TPSA) is 15.8 Å². The monoisotopic (exact) mass is 187 g/mol. The van der Waals surface area contributed by atoms with Crippen molar-refractivity contribution in [3.8, 4) is 0 Å². The third kappa shape index (κ3) is 1.24. The molecule has 0 aliphatic carbocycles. The Morgan fingerprint density at radius 1 is 1.14 bits per heavy atom. The van der Waals surface area contributed by atoms with E-state index >= 15 is 0 Å². The maximum atomic E-state index is 3.51. The molecule has 0 aliphatic rings. The average Bonchev–Trinajstić information content (AvgIpc) is 2.44. The Hall–Kier alpha value is -1.24. The molecule has 0 amide bonds. The van der Waals surface area contributed by atoms with Crippen molar-refractivity contribution in [2.24, 2.45) is 0 Å². The maximum Gasteiger partial charge on any atom is 0.0488 e. The van der Waals surface area contributed by atoms with Crippen molar-refractivity contribution in [2.45, 2.75) is 34.1 Å². The van der Waals surface area contributed by atoms with Gasteiger partial charge in [-0.2, -0.15) is 0 Å². The van der Waals surface area contributed by atoms with Crippen LogP contribution in [-0.2, 0) is 6.42 Å². The van der Waals surface area contributed by atoms with Crippen LogP contribution >= 0.6 is 0 Å². The summed E-state index contributed by atoms with van der Waals surface area (Å²) in [6.45, 7) is 8.73. The Balaban J connectivity index is 2.85. The molecule has 0 radical (unpaired) electrons. The number of rotatable bonds is 1. The van der Waals surface area contributed by atoms with E-state index in [2.05, 4.69) is 44.8 Å². The van der Waals surface area contributed by atoms with E-state index in [0.29, 0.717) is 0 Å². The fourth-order valence-electron chi connectivity index (χ4n) is 2.19. The first-order valence-corrected chi connectivity index (χ1v) is 5.22. The zero-order valence-electron chi connectivity index (χ0n) is 9.36. The lowest BCUT2D eigenvalue weighted by Crippen LogP contribution is -1.81. The lowest BCUT2D eigenvalue weighted by atomic mass is 10.1. The molecule has 14 heavy (non-hydrogen) atoms. The summed E-state index contributed by atoms with van der Waals surface area (Å²) in [7, 11) is 0. The van der Waals surface area contributed by atoms with Crippen LogP contribution in [0.5, 0.6) is 0 Å². The lowest BCUT2D eigenvalue weighted by Gasteiger charge is -1.99. The summed E-state index contributed by atoms with van der Waals surface area (Å²) in [5.74, 6) is 0. The minimum absolute atomic E-state index is 1.08. The predicted molar refractivity (Wildman–Crippen MR) is 61.9 cm³/mol. The van der Waals surface area contributed by atoms with Crippen LogP contribution in [0.15, 0.2) is 12.1 Å². The third-order valence-electron chi connectivity index (χ3n) is 2.97. The number of aryl methyl sites for hydroxylation is 4. The van der Waals surface area contributed by atoms with Gasteiger partial charge in [0.25, 0.3) is 0 Å². The number of nitrogens with one attached hydrogen (secondary N) is 1. The average molecular weight is 187 g/mol. The first-order chi connectivity index (χ1) is 6.63. The van der Waals surface area contributed by atoms with Crippen molar-refractivity contribution in [1.82, 2.24) is 4.98 Å². The van der Waals surface area contributed by atoms with E-state index in [4.69, 9.17) is 0 Å². The predicted octanol–water partition coefficient (Wildman–Crippen LogP) is 3.66. The van der Waals surface area contributed by atoms with E-state index < -0.39 is 0 Å². The number of aromatic amines is 1. The quantitative estimate of drug-likeness (QED) is 0.701. The molecular weight excluding hydrogens is 170 g/mol. The fourth-order valence-corrected chi connectivity index (χ4v) is 2.19. The Morgan fingerprint density at radius 3 is 2.50 bits per heavy atom. The minimum atomic E-state index is 1.08. The molecule has 0 atom stereocenters. The molecule has 1 aromatic carbocycles. The number of H-pyrrole nitrogens is 1. The Kier molecular flexibility index (Phi) is 2.10. The number of hydrogen-bond donors (Lipinski definition) is 1. The van der Waals surface area contributed by atoms with Crippen molar-refractivity contribution < 1.29 is 0 Å². The number of hydrogen-bond acceptors (Lipinski definition) is 0. The Labute approximate surface area is 85.1 Å². The molecule has 0 bridgehead atoms. The molecule has 1 heteroatoms. The minimum Gasteiger partial charge on any atom is -0.358 e. The highest BCUT2D eigenvalue weighted by molar-refractivity contribution is 5.87. The number of fused-ring (bicyclic) bond motifs is 1. The summed E-state index contributed by atoms with van der Waals surface area (Å²) in [5, 5.41) is 1.39. The highest BCUT2D eigenvalue weighted by Crippen LogP contribution is 2.25. The molecule has 1 aromatic heterocycles. The smallest absolute Gasteiger partial charge is 0.0488 e. The molecule has 2 aromatic rings. The van der Waals surface area contributed by atoms with Crippen LogP contribution in [0.3, 0.4) is 0 Å². The van der Waals surface area contributed by atoms with E-state index in [1.165, 1.54) is 33.3 Å². The summed E-state index contributed by atoms with van der Waals surface area (Å²) >= 11 is 0. The van der Waals surface area contributed by atoms with Gasteiger partial charge >= 0.3 is 0 Å². The summed E-state index contributed by atoms with van der Waals surface area (Å²) in [6.07, 6.45) is 1.08. The lowest BCUT2D eigenvalue weighted by molar-refractivity contribution is 1.05. The largest absolute Gasteiger partial charge is 0.358 e. The van der Waals surface area contributed by atoms with E-state index in [0.717, 1.165) is 6.42 Å². The molecule has 0 unspecified atom stereocenters. The highest BCUT2D eigenvalue weighted by Gasteiger charge is 2.07. The Morgan fingerprint density at radius 2 is 1.86 bits per heavy atom. The summed E-state index contributed by atoms with van der Waals surface area (Å²) in [6, 6.07) is 4.50. The van der Waals surface area contributed by atoms with E-state index in [9.17, 15) is 0 Å². The van der Waals surface area contributed by atoms with Crippen LogP contribution in [0, 0.1) is 20.8 Å². The maximum absolute atomic E-state index is 3.51. The molecule has 2 rings (SSSR count). The van der Waals surface area contributed by atoms with Crippen LogP contribution in [-0.4, -0.2) is 4.98 Å². The van der Waals surface area contributed by atoms with Crippen molar-refractivity contribution >= 4 is 10.9 Å². The molecule has 0 aliphatic heterocycles. The SMILES string of the molecule is CCc1[nH]c2c(C)cc(C)cc2c1C. The van der Waals surface area contributed by atoms with E-state index in [1.54, 1.807) is 0 Å². The second-order valence-corrected chi connectivity index (χ2v) is 4.09. The van der Waals surface area contributed by atoms with Crippen LogP contribution < -0.4 is 0 Å². The highest BCUT2D eigenvalue weighted by atomic mass is 14.7. The standard InChI is InChI=1S/C13H17N/c1-5-12-10(4)11-7-8(2)6-9(3)13(11)14-12/h6-7,14H,5H2,1-4H3. The summed E-state index contributed by atoms with van der Waals surface area (Å²) < 4.78 is 0. The zero-order chi connectivity index (χ0) is 10.3. The summed E-state index contributed by atoms with van der Waals surface area (Å²) in [5.41, 5.74) is 6.79. The molecule has 0 fully saturated rings. The van der Waals surface area contributed by atoms with Crippen molar-refractivity contribution in [1.29, 1.82) is 0 Å². The first kappa shape index (κ1) is 9.32. The Bertz CT molecular complexity index is 477. The van der Waals surface area contributed by atoms with E-state index in [-0.39, 0.29) is 0 Å². The van der Waals surface area contributed by atoms with Crippen molar-refractivity contribution in [3.63, 3.8) is 0 Å². The normalized spacial score (nSPS) is 11.1. The second kappa shape index (κ2) is 3.16. The van der Waals surface area contributed by atoms with Gasteiger partial charge in [-0.25, -0.2) is 0 Å². The van der Waals surface area contributed by atoms with Crippen molar-refractivity contribution in [2.75, 3.05) is 0 Å². The van der Waals surface area contributed by atoms with Gasteiger partial charge in [-0.1, -0.05) is 18.6 Å². The summed E-state index contributed by atoms with van der Waals surface area (Å²) in [4.78, 5) is 3.51. The van der Waals surface area contributed by atoms with Gasteiger partial charge < -0.3 is 4.98 Å². The van der Waals surface area contributed by atoms with Crippen LogP contribution in [0.2, 0.25) is 0 Å². The molecule has 1 heterocycles. The van der Waals surface area contributed by atoms with Crippen molar-refractivity contribution in [3.05, 3.63) is 34.5 Å². The second-order valence-electron chi connectivity index (χ2n) is 4.09. The molecular formula is C13H17N. The van der Waals surface area contributed by atoms with Gasteiger partial charge in [0.05, 0.1) is 0 Å². The number of aromatic nitrogens is 1. The molecule has 0 saturated heterocycles. The molecule has 74 valence electrons. The van der Waals surface area contributed by atoms with Crippen LogP contribution in [0.4, 0.5) is 0 Å². The van der Waals surface area contributed by atoms with Gasteiger partial charge in [-0.15, -0.1) is 0 Å². The van der Waals surface area contributed by atoms with Gasteiger partial charge in [0, 0.05) is 16.6 Å². The van der Waals surface area contributed by atoms with Crippen LogP contribution in [0.1, 0.15) is 29.3 Å². The van der Waals surface area contributed by atoms with Gasteiger partial charge in [0.1, 0.15) is 0 Å². The van der Waals surface area contributed by atoms with Gasteiger partial charge in [0.2, 0.25) is 0 Å². The molecule has 0 spiro atoms. The van der Waals surface area contributed by atoms with Gasteiger partial charge in [-0.05, 0) is 44.4 Å². The molecule has 1 nitrogen and oxygen atoms in total. The number of benzene rings is 1. The third-order valence-corrected chi connectivity index (χ3v) is 2.97. The first-order valence-electron chi connectivity index (χ1n) is 5.22. The zero-order valence-corrected chi connectivity index (χ0v) is 9.36. The fraction of sp³-hybridized carbons (Fsp3) is 0.385. The molecule has 0 saturated carbocycles.